The molecule has 0 aliphatic heterocycles. The predicted octanol–water partition coefficient (Wildman–Crippen LogP) is -1.53. The van der Waals surface area contributed by atoms with Gasteiger partial charge in [-0.2, -0.15) is 0 Å². The summed E-state index contributed by atoms with van der Waals surface area (Å²) < 4.78 is 0. The Bertz CT molecular complexity index is 828. The third-order valence-electron chi connectivity index (χ3n) is 3.18. The van der Waals surface area contributed by atoms with E-state index in [1.807, 2.05) is 35.3 Å². The zero-order valence-electron chi connectivity index (χ0n) is 12.5. The van der Waals surface area contributed by atoms with Gasteiger partial charge in [0.1, 0.15) is 11.6 Å². The highest BCUT2D eigenvalue weighted by molar-refractivity contribution is 5.97. The van der Waals surface area contributed by atoms with E-state index in [0.717, 1.165) is 11.8 Å². The smallest absolute Gasteiger partial charge is 0.325 e. The molecular weight excluding hydrogens is 316 g/mol. The number of aromatic nitrogens is 2. The fraction of sp³-hybridized carbons (Fsp3) is 0.200. The average Bonchev–Trinajstić information content (AvgIpc) is 2.58. The SMILES string of the molecule is O=C(N[C@@H](CO)C(=O)NCc1ccccc1)c1c[nH]c(=O)[nH]c1=O. The number of benzene rings is 1. The fourth-order valence-electron chi connectivity index (χ4n) is 1.92. The van der Waals surface area contributed by atoms with Gasteiger partial charge in [-0.05, 0) is 5.56 Å². The van der Waals surface area contributed by atoms with Gasteiger partial charge in [-0.25, -0.2) is 4.79 Å². The van der Waals surface area contributed by atoms with Crippen molar-refractivity contribution in [2.45, 2.75) is 12.6 Å². The zero-order valence-corrected chi connectivity index (χ0v) is 12.5. The van der Waals surface area contributed by atoms with Gasteiger partial charge in [-0.1, -0.05) is 30.3 Å². The van der Waals surface area contributed by atoms with Crippen molar-refractivity contribution in [2.24, 2.45) is 0 Å². The number of hydrogen-bond donors (Lipinski definition) is 5. The van der Waals surface area contributed by atoms with Crippen molar-refractivity contribution in [3.63, 3.8) is 0 Å². The quantitative estimate of drug-likeness (QED) is 0.436. The predicted molar refractivity (Wildman–Crippen MR) is 84.3 cm³/mol. The van der Waals surface area contributed by atoms with Crippen LogP contribution in [0.25, 0.3) is 0 Å². The van der Waals surface area contributed by atoms with Crippen LogP contribution in [0.1, 0.15) is 15.9 Å². The molecule has 0 bridgehead atoms. The lowest BCUT2D eigenvalue weighted by Gasteiger charge is -2.16. The number of carbonyl (C=O) groups excluding carboxylic acids is 2. The lowest BCUT2D eigenvalue weighted by atomic mass is 10.2. The third kappa shape index (κ3) is 4.40. The van der Waals surface area contributed by atoms with E-state index < -0.39 is 35.7 Å². The Labute approximate surface area is 135 Å². The van der Waals surface area contributed by atoms with E-state index in [4.69, 9.17) is 0 Å². The van der Waals surface area contributed by atoms with Crippen LogP contribution in [0.2, 0.25) is 0 Å². The minimum absolute atomic E-state index is 0.227. The summed E-state index contributed by atoms with van der Waals surface area (Å²) in [6, 6.07) is 7.86. The standard InChI is InChI=1S/C15H16N4O5/c20-8-11(14(23)16-6-9-4-2-1-3-5-9)18-12(21)10-7-17-15(24)19-13(10)22/h1-5,7,11,20H,6,8H2,(H,16,23)(H,18,21)(H2,17,19,22,24)/t11-/m0/s1. The molecule has 0 aliphatic carbocycles. The second kappa shape index (κ2) is 7.88. The molecule has 2 aromatic rings. The molecule has 0 fully saturated rings. The molecule has 1 aromatic carbocycles. The first-order valence-electron chi connectivity index (χ1n) is 7.06. The minimum Gasteiger partial charge on any atom is -0.394 e. The lowest BCUT2D eigenvalue weighted by Crippen LogP contribution is -2.49. The van der Waals surface area contributed by atoms with Gasteiger partial charge < -0.3 is 20.7 Å². The average molecular weight is 332 g/mol. The number of hydrogen-bond acceptors (Lipinski definition) is 5. The second-order valence-electron chi connectivity index (χ2n) is 4.90. The van der Waals surface area contributed by atoms with Crippen LogP contribution in [-0.4, -0.2) is 39.5 Å². The molecule has 0 aliphatic rings. The Morgan fingerprint density at radius 2 is 1.88 bits per heavy atom. The van der Waals surface area contributed by atoms with Gasteiger partial charge in [-0.3, -0.25) is 19.4 Å². The van der Waals surface area contributed by atoms with E-state index in [1.54, 1.807) is 0 Å². The molecule has 1 atom stereocenters. The number of aliphatic hydroxyl groups is 1. The van der Waals surface area contributed by atoms with Gasteiger partial charge in [0, 0.05) is 12.7 Å². The molecular formula is C15H16N4O5. The molecule has 0 spiro atoms. The summed E-state index contributed by atoms with van der Waals surface area (Å²) in [6.07, 6.45) is 0.937. The number of nitrogens with one attached hydrogen (secondary N) is 4. The molecule has 0 unspecified atom stereocenters. The largest absolute Gasteiger partial charge is 0.394 e. The maximum atomic E-state index is 12.0. The van der Waals surface area contributed by atoms with E-state index in [0.29, 0.717) is 0 Å². The summed E-state index contributed by atoms with van der Waals surface area (Å²) in [4.78, 5) is 50.5. The van der Waals surface area contributed by atoms with Crippen molar-refractivity contribution in [3.05, 3.63) is 68.5 Å². The van der Waals surface area contributed by atoms with Crippen molar-refractivity contribution in [3.8, 4) is 0 Å². The van der Waals surface area contributed by atoms with Crippen LogP contribution in [0.4, 0.5) is 0 Å². The number of aliphatic hydroxyl groups excluding tert-OH is 1. The minimum atomic E-state index is -1.23. The van der Waals surface area contributed by atoms with Gasteiger partial charge in [0.15, 0.2) is 0 Å². The molecule has 0 saturated carbocycles. The first kappa shape index (κ1) is 17.2. The normalized spacial score (nSPS) is 11.5. The molecule has 9 nitrogen and oxygen atoms in total. The van der Waals surface area contributed by atoms with E-state index in [2.05, 4.69) is 15.6 Å². The number of amides is 2. The fourth-order valence-corrected chi connectivity index (χ4v) is 1.92. The van der Waals surface area contributed by atoms with Crippen molar-refractivity contribution in [1.82, 2.24) is 20.6 Å². The Morgan fingerprint density at radius 3 is 2.50 bits per heavy atom. The Hall–Kier alpha value is -3.20. The maximum Gasteiger partial charge on any atom is 0.325 e. The van der Waals surface area contributed by atoms with Crippen LogP contribution in [0.3, 0.4) is 0 Å². The highest BCUT2D eigenvalue weighted by Crippen LogP contribution is 1.98. The topological polar surface area (TPSA) is 144 Å². The third-order valence-corrected chi connectivity index (χ3v) is 3.18. The first-order chi connectivity index (χ1) is 11.5. The molecule has 0 saturated heterocycles. The molecule has 126 valence electrons. The zero-order chi connectivity index (χ0) is 17.5. The summed E-state index contributed by atoms with van der Waals surface area (Å²) >= 11 is 0. The van der Waals surface area contributed by atoms with Gasteiger partial charge in [0.05, 0.1) is 6.61 Å². The van der Waals surface area contributed by atoms with E-state index in [1.165, 1.54) is 0 Å². The van der Waals surface area contributed by atoms with Crippen molar-refractivity contribution < 1.29 is 14.7 Å². The summed E-state index contributed by atoms with van der Waals surface area (Å²) in [5, 5.41) is 14.1. The molecule has 24 heavy (non-hydrogen) atoms. The van der Waals surface area contributed by atoms with Crippen molar-refractivity contribution in [1.29, 1.82) is 0 Å². The summed E-state index contributed by atoms with van der Waals surface area (Å²) in [5.41, 5.74) is -1.16. The summed E-state index contributed by atoms with van der Waals surface area (Å²) in [6.45, 7) is -0.418. The van der Waals surface area contributed by atoms with Crippen LogP contribution in [0.5, 0.6) is 0 Å². The van der Waals surface area contributed by atoms with Crippen LogP contribution < -0.4 is 21.9 Å². The van der Waals surface area contributed by atoms with Crippen LogP contribution in [0.15, 0.2) is 46.1 Å². The maximum absolute atomic E-state index is 12.0. The molecule has 5 N–H and O–H groups in total. The summed E-state index contributed by atoms with van der Waals surface area (Å²) in [7, 11) is 0. The Kier molecular flexibility index (Phi) is 5.63. The molecule has 2 rings (SSSR count). The van der Waals surface area contributed by atoms with Gasteiger partial charge >= 0.3 is 5.69 Å². The van der Waals surface area contributed by atoms with Gasteiger partial charge in [0.25, 0.3) is 11.5 Å². The van der Waals surface area contributed by atoms with E-state index in [-0.39, 0.29) is 12.1 Å². The molecule has 2 amide bonds. The number of rotatable bonds is 6. The van der Waals surface area contributed by atoms with Crippen LogP contribution >= 0.6 is 0 Å². The summed E-state index contributed by atoms with van der Waals surface area (Å²) in [5.74, 6) is -1.49. The number of H-pyrrole nitrogens is 2. The van der Waals surface area contributed by atoms with E-state index in [9.17, 15) is 24.3 Å². The highest BCUT2D eigenvalue weighted by Gasteiger charge is 2.21. The van der Waals surface area contributed by atoms with Crippen molar-refractivity contribution in [2.75, 3.05) is 6.61 Å². The molecule has 9 heteroatoms. The van der Waals surface area contributed by atoms with Crippen LogP contribution in [-0.2, 0) is 11.3 Å². The van der Waals surface area contributed by atoms with Crippen LogP contribution in [0, 0.1) is 0 Å². The van der Waals surface area contributed by atoms with Crippen molar-refractivity contribution >= 4 is 11.8 Å². The van der Waals surface area contributed by atoms with E-state index >= 15 is 0 Å². The Balaban J connectivity index is 2.00. The first-order valence-corrected chi connectivity index (χ1v) is 7.06. The number of aromatic amines is 2. The Morgan fingerprint density at radius 1 is 1.17 bits per heavy atom. The monoisotopic (exact) mass is 332 g/mol. The molecule has 0 radical (unpaired) electrons. The van der Waals surface area contributed by atoms with Gasteiger partial charge in [0.2, 0.25) is 5.91 Å². The van der Waals surface area contributed by atoms with Gasteiger partial charge in [-0.15, -0.1) is 0 Å². The molecule has 1 aromatic heterocycles. The second-order valence-corrected chi connectivity index (χ2v) is 4.90. The molecule has 1 heterocycles. The lowest BCUT2D eigenvalue weighted by molar-refractivity contribution is -0.124. The number of carbonyl (C=O) groups is 2. The highest BCUT2D eigenvalue weighted by atomic mass is 16.3.